The van der Waals surface area contributed by atoms with Gasteiger partial charge in [0.1, 0.15) is 11.6 Å². The van der Waals surface area contributed by atoms with Gasteiger partial charge in [0, 0.05) is 25.0 Å². The van der Waals surface area contributed by atoms with E-state index in [1.165, 1.54) is 5.56 Å². The van der Waals surface area contributed by atoms with Crippen LogP contribution in [0.5, 0.6) is 0 Å². The van der Waals surface area contributed by atoms with Crippen LogP contribution in [0, 0.1) is 11.3 Å². The number of nitrogens with zero attached hydrogens (tertiary/aromatic N) is 3. The predicted octanol–water partition coefficient (Wildman–Crippen LogP) is 1.91. The third kappa shape index (κ3) is 4.57. The second-order valence-corrected chi connectivity index (χ2v) is 5.97. The van der Waals surface area contributed by atoms with Crippen molar-refractivity contribution >= 4 is 11.6 Å². The van der Waals surface area contributed by atoms with Gasteiger partial charge in [-0.25, -0.2) is 0 Å². The van der Waals surface area contributed by atoms with Crippen molar-refractivity contribution in [2.45, 2.75) is 19.3 Å². The summed E-state index contributed by atoms with van der Waals surface area (Å²) in [4.78, 5) is 16.5. The number of fused-ring (bicyclic) bond motifs is 1. The van der Waals surface area contributed by atoms with E-state index in [0.29, 0.717) is 6.54 Å². The molecule has 2 rings (SSSR count). The summed E-state index contributed by atoms with van der Waals surface area (Å²) in [5, 5.41) is 12.4. The number of benzene rings is 1. The molecule has 0 radical (unpaired) electrons. The minimum Gasteiger partial charge on any atom is -0.390 e. The van der Waals surface area contributed by atoms with Gasteiger partial charge >= 0.3 is 0 Å². The molecule has 0 fully saturated rings. The zero-order valence-electron chi connectivity index (χ0n) is 13.9. The lowest BCUT2D eigenvalue weighted by Gasteiger charge is -2.29. The lowest BCUT2D eigenvalue weighted by molar-refractivity contribution is -0.114. The summed E-state index contributed by atoms with van der Waals surface area (Å²) in [6.07, 6.45) is 4.42. The number of hydrogen-bond donors (Lipinski definition) is 1. The van der Waals surface area contributed by atoms with Crippen molar-refractivity contribution < 1.29 is 4.79 Å². The summed E-state index contributed by atoms with van der Waals surface area (Å²) in [5.74, 6) is -0.222. The van der Waals surface area contributed by atoms with Crippen molar-refractivity contribution in [3.63, 3.8) is 0 Å². The first-order valence-electron chi connectivity index (χ1n) is 8.01. The number of carbonyl (C=O) groups excluding carboxylic acids is 1. The van der Waals surface area contributed by atoms with Crippen molar-refractivity contribution in [2.24, 2.45) is 0 Å². The lowest BCUT2D eigenvalue weighted by atomic mass is 10.0. The molecule has 5 heteroatoms. The van der Waals surface area contributed by atoms with Gasteiger partial charge in [0.25, 0.3) is 5.91 Å². The highest BCUT2D eigenvalue weighted by molar-refractivity contribution is 6.08. The molecule has 1 aliphatic heterocycles. The van der Waals surface area contributed by atoms with Crippen molar-refractivity contribution in [1.29, 1.82) is 5.26 Å². The number of nitriles is 1. The van der Waals surface area contributed by atoms with Crippen LogP contribution in [-0.4, -0.2) is 44.5 Å². The Bertz CT molecular complexity index is 616. The Labute approximate surface area is 138 Å². The Balaban J connectivity index is 2.02. The molecule has 0 saturated carbocycles. The van der Waals surface area contributed by atoms with Crippen LogP contribution in [0.4, 0.5) is 5.69 Å². The fourth-order valence-electron chi connectivity index (χ4n) is 2.70. The van der Waals surface area contributed by atoms with Gasteiger partial charge in [0.15, 0.2) is 0 Å². The smallest absolute Gasteiger partial charge is 0.270 e. The van der Waals surface area contributed by atoms with E-state index in [-0.39, 0.29) is 11.5 Å². The van der Waals surface area contributed by atoms with Gasteiger partial charge in [-0.15, -0.1) is 0 Å². The standard InChI is InChI=1S/C18H24N4O/c1-21(2)11-6-10-20-14-16(13-19)18(23)22-12-5-8-15-7-3-4-9-17(15)22/h3-4,7,9,14,20H,5-6,8,10-12H2,1-2H3/b16-14-. The monoisotopic (exact) mass is 312 g/mol. The summed E-state index contributed by atoms with van der Waals surface area (Å²) in [5.41, 5.74) is 2.26. The van der Waals surface area contributed by atoms with E-state index < -0.39 is 0 Å². The van der Waals surface area contributed by atoms with Gasteiger partial charge in [0.2, 0.25) is 0 Å². The summed E-state index contributed by atoms with van der Waals surface area (Å²) in [7, 11) is 4.04. The molecule has 5 nitrogen and oxygen atoms in total. The molecule has 0 spiro atoms. The largest absolute Gasteiger partial charge is 0.390 e. The van der Waals surface area contributed by atoms with Crippen LogP contribution in [0.25, 0.3) is 0 Å². The Hall–Kier alpha value is -2.32. The summed E-state index contributed by atoms with van der Waals surface area (Å²) >= 11 is 0. The fourth-order valence-corrected chi connectivity index (χ4v) is 2.70. The van der Waals surface area contributed by atoms with Crippen LogP contribution >= 0.6 is 0 Å². The third-order valence-corrected chi connectivity index (χ3v) is 3.88. The molecule has 23 heavy (non-hydrogen) atoms. The number of hydrogen-bond acceptors (Lipinski definition) is 4. The van der Waals surface area contributed by atoms with Crippen molar-refractivity contribution in [2.75, 3.05) is 38.6 Å². The number of rotatable bonds is 6. The molecule has 122 valence electrons. The molecule has 0 aliphatic carbocycles. The van der Waals surface area contributed by atoms with E-state index in [1.54, 1.807) is 11.1 Å². The van der Waals surface area contributed by atoms with Crippen LogP contribution in [-0.2, 0) is 11.2 Å². The second kappa shape index (κ2) is 8.35. The normalized spacial score (nSPS) is 14.3. The molecule has 1 aromatic carbocycles. The first kappa shape index (κ1) is 17.0. The quantitative estimate of drug-likeness (QED) is 0.495. The first-order chi connectivity index (χ1) is 11.1. The van der Waals surface area contributed by atoms with Gasteiger partial charge in [-0.2, -0.15) is 5.26 Å². The maximum atomic E-state index is 12.7. The van der Waals surface area contributed by atoms with Crippen LogP contribution in [0.3, 0.4) is 0 Å². The molecule has 1 aliphatic rings. The Morgan fingerprint density at radius 2 is 2.22 bits per heavy atom. The lowest BCUT2D eigenvalue weighted by Crippen LogP contribution is -2.36. The van der Waals surface area contributed by atoms with Gasteiger partial charge in [0.05, 0.1) is 0 Å². The van der Waals surface area contributed by atoms with E-state index >= 15 is 0 Å². The Morgan fingerprint density at radius 1 is 1.43 bits per heavy atom. The molecule has 0 bridgehead atoms. The highest BCUT2D eigenvalue weighted by atomic mass is 16.2. The topological polar surface area (TPSA) is 59.4 Å². The molecule has 1 N–H and O–H groups in total. The van der Waals surface area contributed by atoms with Crippen LogP contribution in [0.15, 0.2) is 36.0 Å². The SMILES string of the molecule is CN(C)CCCN/C=C(/C#N)C(=O)N1CCCc2ccccc21. The van der Waals surface area contributed by atoms with Crippen LogP contribution in [0.2, 0.25) is 0 Å². The number of amides is 1. The minimum absolute atomic E-state index is 0.159. The molecule has 0 unspecified atom stereocenters. The Morgan fingerprint density at radius 3 is 2.96 bits per heavy atom. The average Bonchev–Trinajstić information content (AvgIpc) is 2.57. The molecule has 1 amide bonds. The third-order valence-electron chi connectivity index (χ3n) is 3.88. The minimum atomic E-state index is -0.222. The molecule has 0 atom stereocenters. The molecule has 0 aromatic heterocycles. The summed E-state index contributed by atoms with van der Waals surface area (Å²) in [6, 6.07) is 9.94. The zero-order valence-corrected chi connectivity index (χ0v) is 13.9. The number of anilines is 1. The molecular formula is C18H24N4O. The number of carbonyl (C=O) groups is 1. The first-order valence-corrected chi connectivity index (χ1v) is 8.01. The summed E-state index contributed by atoms with van der Waals surface area (Å²) < 4.78 is 0. The average molecular weight is 312 g/mol. The fraction of sp³-hybridized carbons (Fsp3) is 0.444. The molecular weight excluding hydrogens is 288 g/mol. The summed E-state index contributed by atoms with van der Waals surface area (Å²) in [6.45, 7) is 2.37. The zero-order chi connectivity index (χ0) is 16.7. The second-order valence-electron chi connectivity index (χ2n) is 5.97. The number of aryl methyl sites for hydroxylation is 1. The van der Waals surface area contributed by atoms with E-state index in [0.717, 1.165) is 38.0 Å². The number of para-hydroxylation sites is 1. The van der Waals surface area contributed by atoms with Crippen LogP contribution in [0.1, 0.15) is 18.4 Å². The predicted molar refractivity (Wildman–Crippen MR) is 92.0 cm³/mol. The number of nitrogens with one attached hydrogen (secondary N) is 1. The van der Waals surface area contributed by atoms with E-state index in [9.17, 15) is 10.1 Å². The van der Waals surface area contributed by atoms with E-state index in [4.69, 9.17) is 0 Å². The van der Waals surface area contributed by atoms with E-state index in [1.807, 2.05) is 44.4 Å². The van der Waals surface area contributed by atoms with Gasteiger partial charge in [-0.05, 0) is 51.5 Å². The molecule has 0 saturated heterocycles. The highest BCUT2D eigenvalue weighted by Gasteiger charge is 2.24. The van der Waals surface area contributed by atoms with Crippen molar-refractivity contribution in [3.05, 3.63) is 41.6 Å². The maximum absolute atomic E-state index is 12.7. The van der Waals surface area contributed by atoms with Gasteiger partial charge in [-0.1, -0.05) is 18.2 Å². The van der Waals surface area contributed by atoms with Gasteiger partial charge < -0.3 is 15.1 Å². The molecule has 1 aromatic rings. The Kier molecular flexibility index (Phi) is 6.19. The highest BCUT2D eigenvalue weighted by Crippen LogP contribution is 2.27. The molecule has 1 heterocycles. The van der Waals surface area contributed by atoms with Gasteiger partial charge in [-0.3, -0.25) is 4.79 Å². The van der Waals surface area contributed by atoms with Crippen molar-refractivity contribution in [3.8, 4) is 6.07 Å². The van der Waals surface area contributed by atoms with Crippen molar-refractivity contribution in [1.82, 2.24) is 10.2 Å². The van der Waals surface area contributed by atoms with Crippen LogP contribution < -0.4 is 10.2 Å². The maximum Gasteiger partial charge on any atom is 0.270 e. The van der Waals surface area contributed by atoms with E-state index in [2.05, 4.69) is 10.2 Å².